The maximum absolute atomic E-state index is 14.0. The highest BCUT2D eigenvalue weighted by Gasteiger charge is 2.37. The van der Waals surface area contributed by atoms with E-state index in [1.807, 2.05) is 6.92 Å². The third-order valence-electron chi connectivity index (χ3n) is 6.37. The van der Waals surface area contributed by atoms with Gasteiger partial charge in [0.25, 0.3) is 5.56 Å². The molecule has 1 atom stereocenters. The van der Waals surface area contributed by atoms with Crippen LogP contribution in [0.25, 0.3) is 10.2 Å². The summed E-state index contributed by atoms with van der Waals surface area (Å²) in [5, 5.41) is 11.1. The molecule has 3 rings (SSSR count). The van der Waals surface area contributed by atoms with Gasteiger partial charge in [-0.3, -0.25) is 9.36 Å². The highest BCUT2D eigenvalue weighted by Crippen LogP contribution is 2.32. The molecule has 0 aliphatic heterocycles. The number of methoxy groups -OCH3 is 1. The Kier molecular flexibility index (Phi) is 9.34. The lowest BCUT2D eigenvalue weighted by Crippen LogP contribution is -2.53. The van der Waals surface area contributed by atoms with Crippen LogP contribution in [0.15, 0.2) is 27.8 Å². The van der Waals surface area contributed by atoms with Crippen LogP contribution < -0.4 is 16.0 Å². The van der Waals surface area contributed by atoms with Gasteiger partial charge >= 0.3 is 17.6 Å². The molecule has 2 heterocycles. The van der Waals surface area contributed by atoms with Crippen LogP contribution in [0.1, 0.15) is 67.4 Å². The van der Waals surface area contributed by atoms with Crippen molar-refractivity contribution < 1.29 is 33.3 Å². The van der Waals surface area contributed by atoms with Crippen LogP contribution in [0.2, 0.25) is 0 Å². The molecule has 212 valence electrons. The molecule has 39 heavy (non-hydrogen) atoms. The lowest BCUT2D eigenvalue weighted by molar-refractivity contribution is -0.153. The molecule has 12 heteroatoms. The van der Waals surface area contributed by atoms with Crippen molar-refractivity contribution in [1.82, 2.24) is 9.13 Å². The monoisotopic (exact) mass is 564 g/mol. The van der Waals surface area contributed by atoms with E-state index >= 15 is 0 Å². The molecule has 0 bridgehead atoms. The van der Waals surface area contributed by atoms with E-state index in [-0.39, 0.29) is 45.2 Å². The summed E-state index contributed by atoms with van der Waals surface area (Å²) in [6.45, 7) is 7.67. The van der Waals surface area contributed by atoms with Gasteiger partial charge in [-0.2, -0.15) is 0 Å². The number of aromatic nitrogens is 2. The largest absolute Gasteiger partial charge is 0.496 e. The first-order chi connectivity index (χ1) is 18.4. The number of unbranched alkanes of at least 4 members (excludes halogenated alkanes) is 1. The number of esters is 2. The number of halogens is 1. The molecule has 0 spiro atoms. The zero-order chi connectivity index (χ0) is 29.1. The van der Waals surface area contributed by atoms with Crippen LogP contribution in [0.5, 0.6) is 5.75 Å². The maximum Gasteiger partial charge on any atom is 0.348 e. The van der Waals surface area contributed by atoms with Crippen LogP contribution in [0.4, 0.5) is 4.39 Å². The second-order valence-electron chi connectivity index (χ2n) is 9.44. The Morgan fingerprint density at radius 1 is 1.18 bits per heavy atom. The molecule has 0 amide bonds. The fourth-order valence-electron chi connectivity index (χ4n) is 4.21. The highest BCUT2D eigenvalue weighted by molar-refractivity contribution is 7.20. The number of carbonyl (C=O) groups is 2. The van der Waals surface area contributed by atoms with Gasteiger partial charge in [0.05, 0.1) is 32.3 Å². The van der Waals surface area contributed by atoms with Gasteiger partial charge in [-0.05, 0) is 57.9 Å². The van der Waals surface area contributed by atoms with Crippen LogP contribution >= 0.6 is 11.3 Å². The summed E-state index contributed by atoms with van der Waals surface area (Å²) in [6, 6.07) is 3.60. The summed E-state index contributed by atoms with van der Waals surface area (Å²) >= 11 is 0.864. The number of thiophene rings is 1. The average molecular weight is 565 g/mol. The Balaban J connectivity index is 2.30. The van der Waals surface area contributed by atoms with Crippen molar-refractivity contribution in [1.29, 1.82) is 0 Å². The molecule has 0 radical (unpaired) electrons. The van der Waals surface area contributed by atoms with E-state index < -0.39 is 47.2 Å². The van der Waals surface area contributed by atoms with Gasteiger partial charge in [0.2, 0.25) is 0 Å². The Labute approximate surface area is 228 Å². The molecule has 0 saturated heterocycles. The lowest BCUT2D eigenvalue weighted by atomic mass is 10.0. The van der Waals surface area contributed by atoms with Crippen molar-refractivity contribution in [2.24, 2.45) is 0 Å². The molecule has 0 aliphatic rings. The molecule has 1 aromatic carbocycles. The van der Waals surface area contributed by atoms with E-state index in [0.29, 0.717) is 6.42 Å². The number of hydrogen-bond donors (Lipinski definition) is 1. The van der Waals surface area contributed by atoms with Crippen molar-refractivity contribution in [3.05, 3.63) is 60.9 Å². The number of hydrogen-bond acceptors (Lipinski definition) is 9. The Hall–Kier alpha value is -3.51. The molecule has 10 nitrogen and oxygen atoms in total. The van der Waals surface area contributed by atoms with E-state index in [0.717, 1.165) is 33.0 Å². The molecular formula is C27H33FN2O8S. The third kappa shape index (κ3) is 5.76. The van der Waals surface area contributed by atoms with Gasteiger partial charge in [-0.25, -0.2) is 23.3 Å². The molecule has 0 aliphatic carbocycles. The van der Waals surface area contributed by atoms with Crippen molar-refractivity contribution in [2.75, 3.05) is 20.3 Å². The number of carbonyl (C=O) groups excluding carboxylic acids is 2. The summed E-state index contributed by atoms with van der Waals surface area (Å²) in [6.07, 6.45) is -0.0668. The molecular weight excluding hydrogens is 531 g/mol. The summed E-state index contributed by atoms with van der Waals surface area (Å²) in [4.78, 5) is 53.5. The van der Waals surface area contributed by atoms with E-state index in [9.17, 15) is 28.7 Å². The molecule has 3 aromatic rings. The summed E-state index contributed by atoms with van der Waals surface area (Å²) in [7, 11) is 1.36. The third-order valence-corrected chi connectivity index (χ3v) is 7.66. The van der Waals surface area contributed by atoms with Gasteiger partial charge in [-0.1, -0.05) is 13.3 Å². The average Bonchev–Trinajstić information content (AvgIpc) is 3.23. The van der Waals surface area contributed by atoms with Crippen molar-refractivity contribution >= 4 is 33.5 Å². The predicted molar refractivity (Wildman–Crippen MR) is 144 cm³/mol. The normalized spacial score (nSPS) is 12.4. The highest BCUT2D eigenvalue weighted by atomic mass is 32.1. The number of benzene rings is 1. The SMILES string of the molecule is CCCCOC(=O)C(C)(C)n1c(=O)c2c(C)c(C(=O)OCC)sc2n(C[C@H](O)c2cc(F)ccc2OC)c1=O. The first-order valence-corrected chi connectivity index (χ1v) is 13.4. The van der Waals surface area contributed by atoms with E-state index in [4.69, 9.17) is 14.2 Å². The number of nitrogens with zero attached hydrogens (tertiary/aromatic N) is 2. The van der Waals surface area contributed by atoms with Crippen molar-refractivity contribution in [3.63, 3.8) is 0 Å². The lowest BCUT2D eigenvalue weighted by Gasteiger charge is -2.26. The molecule has 0 saturated carbocycles. The maximum atomic E-state index is 14.0. The van der Waals surface area contributed by atoms with Crippen LogP contribution in [-0.4, -0.2) is 46.5 Å². The Bertz CT molecular complexity index is 1500. The quantitative estimate of drug-likeness (QED) is 0.276. The van der Waals surface area contributed by atoms with Crippen molar-refractivity contribution in [3.8, 4) is 5.75 Å². The number of rotatable bonds is 11. The van der Waals surface area contributed by atoms with Gasteiger partial charge in [0.15, 0.2) is 0 Å². The first-order valence-electron chi connectivity index (χ1n) is 12.6. The fraction of sp³-hybridized carbons (Fsp3) is 0.481. The minimum absolute atomic E-state index is 0.0236. The minimum Gasteiger partial charge on any atom is -0.496 e. The summed E-state index contributed by atoms with van der Waals surface area (Å²) in [5.41, 5.74) is -3.07. The zero-order valence-corrected chi connectivity index (χ0v) is 23.6. The smallest absolute Gasteiger partial charge is 0.348 e. The van der Waals surface area contributed by atoms with Gasteiger partial charge < -0.3 is 19.3 Å². The molecule has 1 N–H and O–H groups in total. The number of aliphatic hydroxyl groups excluding tert-OH is 1. The number of ether oxygens (including phenoxy) is 3. The second-order valence-corrected chi connectivity index (χ2v) is 10.4. The predicted octanol–water partition coefficient (Wildman–Crippen LogP) is 3.67. The standard InChI is InChI=1S/C27H33FN2O8S/c1-7-9-12-38-25(34)27(4,5)30-22(32)20-15(3)21(24(33)37-8-2)39-23(20)29(26(30)35)14-18(31)17-13-16(28)10-11-19(17)36-6/h10-11,13,18,31H,7-9,12,14H2,1-6H3/t18-/m0/s1. The first kappa shape index (κ1) is 30.0. The molecule has 0 unspecified atom stereocenters. The summed E-state index contributed by atoms with van der Waals surface area (Å²) < 4.78 is 31.6. The zero-order valence-electron chi connectivity index (χ0n) is 22.8. The van der Waals surface area contributed by atoms with Gasteiger partial charge in [0, 0.05) is 5.56 Å². The second kappa shape index (κ2) is 12.1. The van der Waals surface area contributed by atoms with Crippen molar-refractivity contribution in [2.45, 2.75) is 65.6 Å². The van der Waals surface area contributed by atoms with Gasteiger partial charge in [-0.15, -0.1) is 11.3 Å². The van der Waals surface area contributed by atoms with E-state index in [1.165, 1.54) is 33.1 Å². The van der Waals surface area contributed by atoms with Gasteiger partial charge in [0.1, 0.15) is 32.9 Å². The van der Waals surface area contributed by atoms with Crippen LogP contribution in [-0.2, 0) is 26.4 Å². The summed E-state index contributed by atoms with van der Waals surface area (Å²) in [5.74, 6) is -1.89. The number of aliphatic hydroxyl groups is 1. The van der Waals surface area contributed by atoms with Crippen LogP contribution in [0.3, 0.4) is 0 Å². The Morgan fingerprint density at radius 2 is 1.87 bits per heavy atom. The van der Waals surface area contributed by atoms with E-state index in [2.05, 4.69) is 0 Å². The minimum atomic E-state index is -1.72. The molecule has 2 aromatic heterocycles. The van der Waals surface area contributed by atoms with E-state index in [1.54, 1.807) is 13.8 Å². The molecule has 0 fully saturated rings. The number of fused-ring (bicyclic) bond motifs is 1. The Morgan fingerprint density at radius 3 is 2.49 bits per heavy atom. The topological polar surface area (TPSA) is 126 Å². The fourth-order valence-corrected chi connectivity index (χ4v) is 5.40. The van der Waals surface area contributed by atoms with Crippen LogP contribution in [0, 0.1) is 12.7 Å². The number of aryl methyl sites for hydroxylation is 1.